The molecule has 0 atom stereocenters. The van der Waals surface area contributed by atoms with Crippen LogP contribution in [0.1, 0.15) is 38.5 Å². The molecule has 1 aliphatic heterocycles. The molecular weight excluding hydrogens is 169 g/mol. The van der Waals surface area contributed by atoms with Crippen molar-refractivity contribution in [3.05, 3.63) is 0 Å². The van der Waals surface area contributed by atoms with E-state index in [1.54, 1.807) is 0 Å². The molecule has 0 radical (unpaired) electrons. The van der Waals surface area contributed by atoms with Gasteiger partial charge in [-0.05, 0) is 32.1 Å². The lowest BCUT2D eigenvalue weighted by Gasteiger charge is -2.32. The van der Waals surface area contributed by atoms with Crippen molar-refractivity contribution in [1.29, 1.82) is 0 Å². The monoisotopic (exact) mass is 185 g/mol. The van der Waals surface area contributed by atoms with Crippen molar-refractivity contribution in [2.24, 2.45) is 0 Å². The molecule has 2 aliphatic rings. The largest absolute Gasteiger partial charge is 0.340 e. The molecule has 2 rings (SSSR count). The van der Waals surface area contributed by atoms with Crippen molar-refractivity contribution < 1.29 is 9.18 Å². The number of likely N-dealkylation sites (tertiary alicyclic amines) is 1. The van der Waals surface area contributed by atoms with E-state index in [0.717, 1.165) is 25.8 Å². The van der Waals surface area contributed by atoms with Gasteiger partial charge in [0.1, 0.15) is 6.17 Å². The molecule has 0 aromatic carbocycles. The third kappa shape index (κ3) is 1.84. The average molecular weight is 185 g/mol. The molecule has 3 heteroatoms. The Bertz CT molecular complexity index is 199. The van der Waals surface area contributed by atoms with Crippen LogP contribution in [0.3, 0.4) is 0 Å². The molecule has 0 N–H and O–H groups in total. The summed E-state index contributed by atoms with van der Waals surface area (Å²) in [6, 6.07) is 0.349. The molecular formula is C10H16FNO. The van der Waals surface area contributed by atoms with Gasteiger partial charge >= 0.3 is 0 Å². The first-order chi connectivity index (χ1) is 6.27. The number of carbonyl (C=O) groups excluding carboxylic acids is 1. The smallest absolute Gasteiger partial charge is 0.222 e. The van der Waals surface area contributed by atoms with Crippen LogP contribution < -0.4 is 0 Å². The quantitative estimate of drug-likeness (QED) is 0.611. The van der Waals surface area contributed by atoms with Gasteiger partial charge in [-0.3, -0.25) is 4.79 Å². The summed E-state index contributed by atoms with van der Waals surface area (Å²) < 4.78 is 12.8. The van der Waals surface area contributed by atoms with E-state index in [1.807, 2.05) is 4.90 Å². The summed E-state index contributed by atoms with van der Waals surface area (Å²) in [6.45, 7) is 0.903. The number of halogens is 1. The highest BCUT2D eigenvalue weighted by Gasteiger charge is 2.30. The number of carbonyl (C=O) groups is 1. The van der Waals surface area contributed by atoms with E-state index in [1.165, 1.54) is 0 Å². The summed E-state index contributed by atoms with van der Waals surface area (Å²) in [5, 5.41) is 0. The van der Waals surface area contributed by atoms with Gasteiger partial charge in [-0.15, -0.1) is 0 Å². The fraction of sp³-hybridized carbons (Fsp3) is 0.900. The summed E-state index contributed by atoms with van der Waals surface area (Å²) in [6.07, 6.45) is 4.11. The number of hydrogen-bond donors (Lipinski definition) is 0. The van der Waals surface area contributed by atoms with E-state index in [4.69, 9.17) is 0 Å². The van der Waals surface area contributed by atoms with Crippen molar-refractivity contribution in [2.75, 3.05) is 6.54 Å². The Morgan fingerprint density at radius 1 is 1.23 bits per heavy atom. The Hall–Kier alpha value is -0.600. The van der Waals surface area contributed by atoms with Gasteiger partial charge in [0.15, 0.2) is 0 Å². The molecule has 13 heavy (non-hydrogen) atoms. The number of amides is 1. The Morgan fingerprint density at radius 2 is 1.92 bits per heavy atom. The zero-order valence-electron chi connectivity index (χ0n) is 7.84. The molecule has 2 nitrogen and oxygen atoms in total. The highest BCUT2D eigenvalue weighted by Crippen LogP contribution is 2.27. The van der Waals surface area contributed by atoms with E-state index in [9.17, 15) is 9.18 Å². The Kier molecular flexibility index (Phi) is 2.51. The maximum atomic E-state index is 12.8. The maximum Gasteiger partial charge on any atom is 0.222 e. The molecule has 0 aromatic heterocycles. The van der Waals surface area contributed by atoms with Crippen LogP contribution >= 0.6 is 0 Å². The maximum absolute atomic E-state index is 12.8. The van der Waals surface area contributed by atoms with Crippen LogP contribution in [-0.4, -0.2) is 29.6 Å². The number of alkyl halides is 1. The van der Waals surface area contributed by atoms with Crippen LogP contribution in [0.2, 0.25) is 0 Å². The standard InChI is InChI=1S/C10H16FNO/c11-8-3-5-9(6-4-8)12-7-1-2-10(12)13/h8-9H,1-7H2. The van der Waals surface area contributed by atoms with Crippen molar-refractivity contribution in [1.82, 2.24) is 4.90 Å². The Labute approximate surface area is 78.1 Å². The third-order valence-electron chi connectivity index (χ3n) is 3.18. The van der Waals surface area contributed by atoms with Crippen LogP contribution in [0.25, 0.3) is 0 Å². The van der Waals surface area contributed by atoms with Gasteiger partial charge in [0.05, 0.1) is 0 Å². The molecule has 1 aliphatic carbocycles. The van der Waals surface area contributed by atoms with E-state index in [0.29, 0.717) is 25.3 Å². The second-order valence-corrected chi connectivity index (χ2v) is 4.10. The summed E-state index contributed by atoms with van der Waals surface area (Å²) in [5.74, 6) is 0.280. The molecule has 1 amide bonds. The molecule has 0 spiro atoms. The van der Waals surface area contributed by atoms with Crippen molar-refractivity contribution in [2.45, 2.75) is 50.7 Å². The van der Waals surface area contributed by atoms with Gasteiger partial charge in [0.2, 0.25) is 5.91 Å². The Balaban J connectivity index is 1.90. The summed E-state index contributed by atoms with van der Waals surface area (Å²) in [5.41, 5.74) is 0. The summed E-state index contributed by atoms with van der Waals surface area (Å²) >= 11 is 0. The highest BCUT2D eigenvalue weighted by atomic mass is 19.1. The van der Waals surface area contributed by atoms with E-state index < -0.39 is 6.17 Å². The van der Waals surface area contributed by atoms with Gasteiger partial charge in [-0.25, -0.2) is 4.39 Å². The predicted octanol–water partition coefficient (Wildman–Crippen LogP) is 1.89. The van der Waals surface area contributed by atoms with Crippen LogP contribution in [0, 0.1) is 0 Å². The normalized spacial score (nSPS) is 35.5. The van der Waals surface area contributed by atoms with Crippen molar-refractivity contribution in [3.8, 4) is 0 Å². The van der Waals surface area contributed by atoms with Crippen LogP contribution in [-0.2, 0) is 4.79 Å². The number of rotatable bonds is 1. The summed E-state index contributed by atoms with van der Waals surface area (Å²) in [7, 11) is 0. The zero-order chi connectivity index (χ0) is 9.26. The van der Waals surface area contributed by atoms with Crippen LogP contribution in [0.4, 0.5) is 4.39 Å². The van der Waals surface area contributed by atoms with Gasteiger partial charge in [0, 0.05) is 19.0 Å². The number of hydrogen-bond acceptors (Lipinski definition) is 1. The van der Waals surface area contributed by atoms with Crippen molar-refractivity contribution >= 4 is 5.91 Å². The number of nitrogens with zero attached hydrogens (tertiary/aromatic N) is 1. The third-order valence-corrected chi connectivity index (χ3v) is 3.18. The molecule has 1 saturated carbocycles. The minimum atomic E-state index is -0.617. The molecule has 74 valence electrons. The molecule has 1 heterocycles. The fourth-order valence-electron chi connectivity index (χ4n) is 2.40. The van der Waals surface area contributed by atoms with Gasteiger partial charge in [-0.2, -0.15) is 0 Å². The van der Waals surface area contributed by atoms with Crippen molar-refractivity contribution in [3.63, 3.8) is 0 Å². The average Bonchev–Trinajstić information content (AvgIpc) is 2.53. The molecule has 0 unspecified atom stereocenters. The lowest BCUT2D eigenvalue weighted by molar-refractivity contribution is -0.130. The minimum absolute atomic E-state index is 0.280. The lowest BCUT2D eigenvalue weighted by atomic mass is 9.93. The second kappa shape index (κ2) is 3.64. The molecule has 2 fully saturated rings. The molecule has 0 aromatic rings. The lowest BCUT2D eigenvalue weighted by Crippen LogP contribution is -2.39. The first-order valence-electron chi connectivity index (χ1n) is 5.21. The zero-order valence-corrected chi connectivity index (χ0v) is 7.84. The first-order valence-corrected chi connectivity index (χ1v) is 5.21. The van der Waals surface area contributed by atoms with Crippen LogP contribution in [0.5, 0.6) is 0 Å². The Morgan fingerprint density at radius 3 is 2.46 bits per heavy atom. The van der Waals surface area contributed by atoms with Crippen LogP contribution in [0.15, 0.2) is 0 Å². The van der Waals surface area contributed by atoms with Gasteiger partial charge < -0.3 is 4.90 Å². The van der Waals surface area contributed by atoms with E-state index in [2.05, 4.69) is 0 Å². The predicted molar refractivity (Wildman–Crippen MR) is 48.1 cm³/mol. The topological polar surface area (TPSA) is 20.3 Å². The summed E-state index contributed by atoms with van der Waals surface area (Å²) in [4.78, 5) is 13.4. The highest BCUT2D eigenvalue weighted by molar-refractivity contribution is 5.78. The fourth-order valence-corrected chi connectivity index (χ4v) is 2.40. The minimum Gasteiger partial charge on any atom is -0.340 e. The first kappa shape index (κ1) is 8.97. The SMILES string of the molecule is O=C1CCCN1C1CCC(F)CC1. The van der Waals surface area contributed by atoms with E-state index >= 15 is 0 Å². The van der Waals surface area contributed by atoms with Gasteiger partial charge in [-0.1, -0.05) is 0 Å². The second-order valence-electron chi connectivity index (χ2n) is 4.10. The van der Waals surface area contributed by atoms with Gasteiger partial charge in [0.25, 0.3) is 0 Å². The molecule has 0 bridgehead atoms. The van der Waals surface area contributed by atoms with E-state index in [-0.39, 0.29) is 5.91 Å². The molecule has 1 saturated heterocycles.